The average molecular weight is 210 g/mol. The van der Waals surface area contributed by atoms with Crippen LogP contribution in [0.2, 0.25) is 5.15 Å². The first-order valence-electron chi connectivity index (χ1n) is 4.12. The molecule has 0 spiro atoms. The standard InChI is InChI=1S/C9H8ClN3O/c1-5-3-7-11-6(2)4-8(14)13(7)12-9(5)10/h3-4H,1-2H3. The first-order valence-corrected chi connectivity index (χ1v) is 4.49. The molecule has 2 aromatic heterocycles. The van der Waals surface area contributed by atoms with Gasteiger partial charge in [-0.2, -0.15) is 9.61 Å². The summed E-state index contributed by atoms with van der Waals surface area (Å²) in [7, 11) is 0. The minimum absolute atomic E-state index is 0.214. The van der Waals surface area contributed by atoms with E-state index in [9.17, 15) is 4.79 Å². The van der Waals surface area contributed by atoms with Gasteiger partial charge in [-0.3, -0.25) is 4.79 Å². The van der Waals surface area contributed by atoms with E-state index in [-0.39, 0.29) is 5.56 Å². The summed E-state index contributed by atoms with van der Waals surface area (Å²) in [5.41, 5.74) is 1.80. The fraction of sp³-hybridized carbons (Fsp3) is 0.222. The van der Waals surface area contributed by atoms with Gasteiger partial charge in [0.25, 0.3) is 5.56 Å². The van der Waals surface area contributed by atoms with E-state index in [2.05, 4.69) is 10.1 Å². The largest absolute Gasteiger partial charge is 0.274 e. The van der Waals surface area contributed by atoms with Gasteiger partial charge in [0.2, 0.25) is 0 Å². The van der Waals surface area contributed by atoms with Gasteiger partial charge in [0, 0.05) is 11.8 Å². The van der Waals surface area contributed by atoms with Crippen LogP contribution in [0.3, 0.4) is 0 Å². The molecular formula is C9H8ClN3O. The summed E-state index contributed by atoms with van der Waals surface area (Å²) < 4.78 is 1.20. The fourth-order valence-electron chi connectivity index (χ4n) is 1.23. The summed E-state index contributed by atoms with van der Waals surface area (Å²) in [6, 6.07) is 3.16. The van der Waals surface area contributed by atoms with Crippen molar-refractivity contribution >= 4 is 17.2 Å². The van der Waals surface area contributed by atoms with E-state index in [0.29, 0.717) is 16.5 Å². The maximum Gasteiger partial charge on any atom is 0.274 e. The number of hydrogen-bond donors (Lipinski definition) is 0. The molecule has 0 aromatic carbocycles. The zero-order valence-corrected chi connectivity index (χ0v) is 8.54. The van der Waals surface area contributed by atoms with Crippen molar-refractivity contribution in [3.8, 4) is 0 Å². The summed E-state index contributed by atoms with van der Waals surface area (Å²) in [6.07, 6.45) is 0. The molecule has 2 rings (SSSR count). The van der Waals surface area contributed by atoms with E-state index in [0.717, 1.165) is 5.56 Å². The molecule has 0 bridgehead atoms. The van der Waals surface area contributed by atoms with E-state index >= 15 is 0 Å². The fourth-order valence-corrected chi connectivity index (χ4v) is 1.36. The first-order chi connectivity index (χ1) is 6.58. The van der Waals surface area contributed by atoms with E-state index in [1.54, 1.807) is 13.0 Å². The van der Waals surface area contributed by atoms with E-state index in [1.807, 2.05) is 6.92 Å². The van der Waals surface area contributed by atoms with Crippen molar-refractivity contribution in [2.24, 2.45) is 0 Å². The second-order valence-electron chi connectivity index (χ2n) is 3.12. The van der Waals surface area contributed by atoms with Gasteiger partial charge in [-0.1, -0.05) is 11.6 Å². The highest BCUT2D eigenvalue weighted by molar-refractivity contribution is 6.30. The Hall–Kier alpha value is -1.42. The Balaban J connectivity index is 2.96. The zero-order valence-electron chi connectivity index (χ0n) is 7.78. The van der Waals surface area contributed by atoms with Gasteiger partial charge in [-0.05, 0) is 25.5 Å². The molecule has 4 nitrogen and oxygen atoms in total. The Labute approximate surface area is 85.2 Å². The summed E-state index contributed by atoms with van der Waals surface area (Å²) in [6.45, 7) is 3.59. The summed E-state index contributed by atoms with van der Waals surface area (Å²) >= 11 is 5.80. The molecule has 5 heteroatoms. The van der Waals surface area contributed by atoms with Crippen LogP contribution in [-0.2, 0) is 0 Å². The van der Waals surface area contributed by atoms with Crippen LogP contribution in [0.5, 0.6) is 0 Å². The van der Waals surface area contributed by atoms with Gasteiger partial charge in [-0.15, -0.1) is 0 Å². The molecule has 0 fully saturated rings. The Morgan fingerprint density at radius 2 is 2.07 bits per heavy atom. The van der Waals surface area contributed by atoms with Crippen molar-refractivity contribution in [3.63, 3.8) is 0 Å². The number of fused-ring (bicyclic) bond motifs is 1. The lowest BCUT2D eigenvalue weighted by Crippen LogP contribution is -2.17. The minimum Gasteiger partial charge on any atom is -0.267 e. The van der Waals surface area contributed by atoms with Gasteiger partial charge < -0.3 is 0 Å². The third kappa shape index (κ3) is 1.37. The lowest BCUT2D eigenvalue weighted by Gasteiger charge is -2.02. The Bertz CT molecular complexity index is 562. The van der Waals surface area contributed by atoms with Crippen LogP contribution in [0.4, 0.5) is 0 Å². The smallest absolute Gasteiger partial charge is 0.267 e. The third-order valence-electron chi connectivity index (χ3n) is 1.91. The molecule has 0 aliphatic rings. The predicted molar refractivity (Wildman–Crippen MR) is 53.7 cm³/mol. The molecule has 0 saturated heterocycles. The van der Waals surface area contributed by atoms with Crippen molar-refractivity contribution in [2.75, 3.05) is 0 Å². The van der Waals surface area contributed by atoms with Crippen LogP contribution in [0.15, 0.2) is 16.9 Å². The van der Waals surface area contributed by atoms with Crippen LogP contribution in [0.1, 0.15) is 11.3 Å². The summed E-state index contributed by atoms with van der Waals surface area (Å²) in [5, 5.41) is 4.25. The van der Waals surface area contributed by atoms with Crippen LogP contribution in [0, 0.1) is 13.8 Å². The molecule has 0 atom stereocenters. The van der Waals surface area contributed by atoms with Gasteiger partial charge >= 0.3 is 0 Å². The highest BCUT2D eigenvalue weighted by atomic mass is 35.5. The van der Waals surface area contributed by atoms with Crippen LogP contribution >= 0.6 is 11.6 Å². The average Bonchev–Trinajstić information content (AvgIpc) is 2.08. The SMILES string of the molecule is Cc1cc(=O)n2nc(Cl)c(C)cc2n1. The molecule has 0 aliphatic carbocycles. The topological polar surface area (TPSA) is 47.3 Å². The van der Waals surface area contributed by atoms with Crippen LogP contribution < -0.4 is 5.56 Å². The Kier molecular flexibility index (Phi) is 2.00. The minimum atomic E-state index is -0.214. The van der Waals surface area contributed by atoms with Crippen molar-refractivity contribution in [2.45, 2.75) is 13.8 Å². The van der Waals surface area contributed by atoms with Gasteiger partial charge in [0.15, 0.2) is 10.8 Å². The van der Waals surface area contributed by atoms with Gasteiger partial charge in [-0.25, -0.2) is 4.98 Å². The number of halogens is 1. The molecule has 0 aliphatic heterocycles. The molecule has 2 heterocycles. The van der Waals surface area contributed by atoms with Crippen molar-refractivity contribution in [1.29, 1.82) is 0 Å². The number of hydrogen-bond acceptors (Lipinski definition) is 3. The zero-order chi connectivity index (χ0) is 10.3. The summed E-state index contributed by atoms with van der Waals surface area (Å²) in [4.78, 5) is 15.6. The molecule has 14 heavy (non-hydrogen) atoms. The third-order valence-corrected chi connectivity index (χ3v) is 2.28. The molecule has 0 N–H and O–H groups in total. The maximum absolute atomic E-state index is 11.5. The van der Waals surface area contributed by atoms with Gasteiger partial charge in [0.1, 0.15) is 0 Å². The highest BCUT2D eigenvalue weighted by Crippen LogP contribution is 2.11. The van der Waals surface area contributed by atoms with Crippen LogP contribution in [0.25, 0.3) is 5.65 Å². The first kappa shape index (κ1) is 9.15. The quantitative estimate of drug-likeness (QED) is 0.658. The number of nitrogens with zero attached hydrogens (tertiary/aromatic N) is 3. The van der Waals surface area contributed by atoms with Gasteiger partial charge in [0.05, 0.1) is 0 Å². The van der Waals surface area contributed by atoms with E-state index in [1.165, 1.54) is 10.6 Å². The number of aromatic nitrogens is 3. The predicted octanol–water partition coefficient (Wildman–Crippen LogP) is 1.36. The molecule has 72 valence electrons. The van der Waals surface area contributed by atoms with Crippen molar-refractivity contribution in [1.82, 2.24) is 14.6 Å². The number of rotatable bonds is 0. The molecule has 0 unspecified atom stereocenters. The highest BCUT2D eigenvalue weighted by Gasteiger charge is 2.04. The molecule has 2 aromatic rings. The Morgan fingerprint density at radius 3 is 2.79 bits per heavy atom. The Morgan fingerprint density at radius 1 is 1.36 bits per heavy atom. The second-order valence-corrected chi connectivity index (χ2v) is 3.48. The normalized spacial score (nSPS) is 10.8. The monoisotopic (exact) mass is 209 g/mol. The summed E-state index contributed by atoms with van der Waals surface area (Å²) in [5.74, 6) is 0. The lowest BCUT2D eigenvalue weighted by atomic mass is 10.3. The molecule has 0 amide bonds. The molecular weight excluding hydrogens is 202 g/mol. The lowest BCUT2D eigenvalue weighted by molar-refractivity contribution is 0.852. The molecule has 0 radical (unpaired) electrons. The van der Waals surface area contributed by atoms with E-state index in [4.69, 9.17) is 11.6 Å². The van der Waals surface area contributed by atoms with Crippen molar-refractivity contribution in [3.05, 3.63) is 38.9 Å². The van der Waals surface area contributed by atoms with Crippen LogP contribution in [-0.4, -0.2) is 14.6 Å². The maximum atomic E-state index is 11.5. The number of aryl methyl sites for hydroxylation is 2. The second kappa shape index (κ2) is 3.06. The van der Waals surface area contributed by atoms with E-state index < -0.39 is 0 Å². The van der Waals surface area contributed by atoms with Crippen molar-refractivity contribution < 1.29 is 0 Å². The molecule has 0 saturated carbocycles.